The van der Waals surface area contributed by atoms with E-state index >= 15 is 0 Å². The molecule has 0 aliphatic rings. The Kier molecular flexibility index (Phi) is 4.47. The summed E-state index contributed by atoms with van der Waals surface area (Å²) in [4.78, 5) is 28.2. The number of ether oxygens (including phenoxy) is 1. The predicted octanol–water partition coefficient (Wildman–Crippen LogP) is 2.24. The van der Waals surface area contributed by atoms with Crippen LogP contribution in [0, 0.1) is 6.92 Å². The molecular weight excluding hydrogens is 276 g/mol. The maximum atomic E-state index is 11.9. The van der Waals surface area contributed by atoms with Gasteiger partial charge in [-0.3, -0.25) is 9.20 Å². The van der Waals surface area contributed by atoms with Gasteiger partial charge in [0.2, 0.25) is 0 Å². The van der Waals surface area contributed by atoms with E-state index in [0.717, 1.165) is 5.69 Å². The van der Waals surface area contributed by atoms with Crippen LogP contribution in [0.25, 0.3) is 4.96 Å². The Morgan fingerprint density at radius 2 is 2.30 bits per heavy atom. The second kappa shape index (κ2) is 6.29. The third-order valence-corrected chi connectivity index (χ3v) is 3.47. The van der Waals surface area contributed by atoms with Gasteiger partial charge in [-0.05, 0) is 13.8 Å². The maximum absolute atomic E-state index is 11.9. The molecule has 6 heteroatoms. The number of hydrogen-bond donors (Lipinski definition) is 0. The Morgan fingerprint density at radius 3 is 3.05 bits per heavy atom. The molecule has 0 amide bonds. The van der Waals surface area contributed by atoms with Crippen LogP contribution >= 0.6 is 11.3 Å². The smallest absolute Gasteiger partial charge is 0.331 e. The quantitative estimate of drug-likeness (QED) is 0.492. The number of nitrogens with zero attached hydrogens (tertiary/aromatic N) is 2. The molecule has 2 aromatic rings. The van der Waals surface area contributed by atoms with E-state index in [1.807, 2.05) is 19.2 Å². The van der Waals surface area contributed by atoms with Crippen molar-refractivity contribution in [1.29, 1.82) is 0 Å². The molecule has 0 aliphatic carbocycles. The molecule has 2 rings (SSSR count). The average Bonchev–Trinajstić information content (AvgIpc) is 2.79. The highest BCUT2D eigenvalue weighted by Crippen LogP contribution is 2.11. The summed E-state index contributed by atoms with van der Waals surface area (Å²) in [6.07, 6.45) is 6.45. The van der Waals surface area contributed by atoms with Crippen molar-refractivity contribution in [3.63, 3.8) is 0 Å². The third kappa shape index (κ3) is 3.21. The van der Waals surface area contributed by atoms with Gasteiger partial charge in [0.25, 0.3) is 5.56 Å². The highest BCUT2D eigenvalue weighted by atomic mass is 32.1. The van der Waals surface area contributed by atoms with E-state index < -0.39 is 5.97 Å². The molecule has 0 aliphatic heterocycles. The maximum Gasteiger partial charge on any atom is 0.331 e. The van der Waals surface area contributed by atoms with E-state index in [0.29, 0.717) is 10.7 Å². The lowest BCUT2D eigenvalue weighted by molar-refractivity contribution is -0.139. The molecule has 0 saturated carbocycles. The summed E-state index contributed by atoms with van der Waals surface area (Å²) >= 11 is 1.38. The van der Waals surface area contributed by atoms with Crippen molar-refractivity contribution in [3.8, 4) is 0 Å². The minimum Gasteiger partial charge on any atom is -0.456 e. The van der Waals surface area contributed by atoms with E-state index in [4.69, 9.17) is 4.74 Å². The van der Waals surface area contributed by atoms with Gasteiger partial charge in [0, 0.05) is 23.2 Å². The van der Waals surface area contributed by atoms with Crippen LogP contribution in [-0.2, 0) is 16.1 Å². The summed E-state index contributed by atoms with van der Waals surface area (Å²) < 4.78 is 6.55. The fourth-order valence-corrected chi connectivity index (χ4v) is 2.50. The number of thiazole rings is 1. The first-order chi connectivity index (χ1) is 9.61. The standard InChI is InChI=1S/C14H14N2O3S/c1-3-4-5-6-13(18)19-8-11-7-12(17)16-10(2)9-20-14(16)15-11/h3-7,9H,8H2,1-2H3/b4-3+,6-5+. The first-order valence-corrected chi connectivity index (χ1v) is 6.92. The molecule has 0 fully saturated rings. The normalized spacial score (nSPS) is 11.7. The van der Waals surface area contributed by atoms with Gasteiger partial charge in [-0.25, -0.2) is 9.78 Å². The molecule has 0 radical (unpaired) electrons. The van der Waals surface area contributed by atoms with Gasteiger partial charge in [-0.15, -0.1) is 11.3 Å². The summed E-state index contributed by atoms with van der Waals surface area (Å²) in [7, 11) is 0. The van der Waals surface area contributed by atoms with Crippen LogP contribution in [0.5, 0.6) is 0 Å². The van der Waals surface area contributed by atoms with Crippen molar-refractivity contribution >= 4 is 22.3 Å². The monoisotopic (exact) mass is 290 g/mol. The van der Waals surface area contributed by atoms with Gasteiger partial charge in [-0.1, -0.05) is 18.2 Å². The lowest BCUT2D eigenvalue weighted by Gasteiger charge is -2.02. The van der Waals surface area contributed by atoms with Crippen molar-refractivity contribution < 1.29 is 9.53 Å². The molecule has 0 atom stereocenters. The fourth-order valence-electron chi connectivity index (χ4n) is 1.61. The number of fused-ring (bicyclic) bond motifs is 1. The van der Waals surface area contributed by atoms with Crippen molar-refractivity contribution in [2.45, 2.75) is 20.5 Å². The number of allylic oxidation sites excluding steroid dienone is 3. The lowest BCUT2D eigenvalue weighted by atomic mass is 10.4. The largest absolute Gasteiger partial charge is 0.456 e. The molecule has 0 saturated heterocycles. The van der Waals surface area contributed by atoms with Gasteiger partial charge < -0.3 is 4.74 Å². The van der Waals surface area contributed by atoms with Crippen LogP contribution < -0.4 is 5.56 Å². The zero-order chi connectivity index (χ0) is 14.5. The Bertz CT molecular complexity index is 740. The number of hydrogen-bond acceptors (Lipinski definition) is 5. The minimum atomic E-state index is -0.465. The number of carbonyl (C=O) groups is 1. The second-order valence-electron chi connectivity index (χ2n) is 4.07. The third-order valence-electron chi connectivity index (χ3n) is 2.53. The van der Waals surface area contributed by atoms with Gasteiger partial charge in [0.05, 0.1) is 5.69 Å². The molecule has 0 bridgehead atoms. The highest BCUT2D eigenvalue weighted by Gasteiger charge is 2.07. The van der Waals surface area contributed by atoms with Crippen molar-refractivity contribution in [2.24, 2.45) is 0 Å². The molecule has 2 heterocycles. The van der Waals surface area contributed by atoms with Crippen molar-refractivity contribution in [3.05, 3.63) is 57.5 Å². The topological polar surface area (TPSA) is 60.7 Å². The Labute approximate surface area is 119 Å². The molecular formula is C14H14N2O3S. The van der Waals surface area contributed by atoms with Gasteiger partial charge in [0.1, 0.15) is 6.61 Å². The first kappa shape index (κ1) is 14.2. The molecule has 0 N–H and O–H groups in total. The van der Waals surface area contributed by atoms with E-state index in [2.05, 4.69) is 4.98 Å². The van der Waals surface area contributed by atoms with Crippen LogP contribution in [0.1, 0.15) is 18.3 Å². The zero-order valence-corrected chi connectivity index (χ0v) is 12.0. The van der Waals surface area contributed by atoms with E-state index in [-0.39, 0.29) is 12.2 Å². The molecule has 20 heavy (non-hydrogen) atoms. The summed E-state index contributed by atoms with van der Waals surface area (Å²) in [5, 5.41) is 1.86. The number of carbonyl (C=O) groups excluding carboxylic acids is 1. The second-order valence-corrected chi connectivity index (χ2v) is 4.91. The van der Waals surface area contributed by atoms with Crippen LogP contribution in [-0.4, -0.2) is 15.4 Å². The highest BCUT2D eigenvalue weighted by molar-refractivity contribution is 7.15. The molecule has 0 aromatic carbocycles. The average molecular weight is 290 g/mol. The number of aryl methyl sites for hydroxylation is 1. The van der Waals surface area contributed by atoms with Crippen LogP contribution in [0.2, 0.25) is 0 Å². The lowest BCUT2D eigenvalue weighted by Crippen LogP contribution is -2.16. The van der Waals surface area contributed by atoms with Gasteiger partial charge >= 0.3 is 5.97 Å². The SMILES string of the molecule is C/C=C/C=C/C(=O)OCc1cc(=O)n2c(C)csc2n1. The van der Waals surface area contributed by atoms with E-state index in [9.17, 15) is 9.59 Å². The molecule has 0 unspecified atom stereocenters. The number of aromatic nitrogens is 2. The summed E-state index contributed by atoms with van der Waals surface area (Å²) in [6.45, 7) is 3.69. The molecule has 5 nitrogen and oxygen atoms in total. The first-order valence-electron chi connectivity index (χ1n) is 6.04. The summed E-state index contributed by atoms with van der Waals surface area (Å²) in [6, 6.07) is 1.38. The molecule has 2 aromatic heterocycles. The Hall–Kier alpha value is -2.21. The van der Waals surface area contributed by atoms with E-state index in [1.54, 1.807) is 18.2 Å². The Balaban J connectivity index is 2.11. The summed E-state index contributed by atoms with van der Waals surface area (Å²) in [5.74, 6) is -0.465. The van der Waals surface area contributed by atoms with E-state index in [1.165, 1.54) is 27.9 Å². The number of rotatable bonds is 4. The van der Waals surface area contributed by atoms with Gasteiger partial charge in [-0.2, -0.15) is 0 Å². The molecule has 0 spiro atoms. The van der Waals surface area contributed by atoms with Crippen molar-refractivity contribution in [2.75, 3.05) is 0 Å². The fraction of sp³-hybridized carbons (Fsp3) is 0.214. The predicted molar refractivity (Wildman–Crippen MR) is 77.8 cm³/mol. The van der Waals surface area contributed by atoms with Crippen LogP contribution in [0.3, 0.4) is 0 Å². The number of esters is 1. The minimum absolute atomic E-state index is 0.0122. The van der Waals surface area contributed by atoms with Gasteiger partial charge in [0.15, 0.2) is 4.96 Å². The van der Waals surface area contributed by atoms with Crippen LogP contribution in [0.4, 0.5) is 0 Å². The molecule has 104 valence electrons. The zero-order valence-electron chi connectivity index (χ0n) is 11.2. The summed E-state index contributed by atoms with van der Waals surface area (Å²) in [5.41, 5.74) is 1.13. The Morgan fingerprint density at radius 1 is 1.50 bits per heavy atom. The van der Waals surface area contributed by atoms with Crippen LogP contribution in [0.15, 0.2) is 40.5 Å². The van der Waals surface area contributed by atoms with Crippen molar-refractivity contribution in [1.82, 2.24) is 9.38 Å².